The van der Waals surface area contributed by atoms with Gasteiger partial charge < -0.3 is 0 Å². The summed E-state index contributed by atoms with van der Waals surface area (Å²) in [4.78, 5) is 2.70. The van der Waals surface area contributed by atoms with Crippen LogP contribution in [-0.2, 0) is 0 Å². The number of hydrogen-bond donors (Lipinski definition) is 0. The topological polar surface area (TPSA) is 23.8 Å². The molecule has 1 nitrogen and oxygen atoms in total. The van der Waals surface area contributed by atoms with Gasteiger partial charge in [0.05, 0.1) is 11.6 Å². The van der Waals surface area contributed by atoms with E-state index in [0.29, 0.717) is 5.56 Å². The molecule has 1 aromatic carbocycles. The lowest BCUT2D eigenvalue weighted by Crippen LogP contribution is -1.76. The molecule has 2 aromatic rings. The summed E-state index contributed by atoms with van der Waals surface area (Å²) >= 11 is 1.83. The largest absolute Gasteiger partial charge is 0.192 e. The summed E-state index contributed by atoms with van der Waals surface area (Å²) in [7, 11) is 0. The molecule has 0 aliphatic rings. The summed E-state index contributed by atoms with van der Waals surface area (Å²) < 4.78 is 0. The molecule has 2 rings (SSSR count). The first-order valence-electron chi connectivity index (χ1n) is 5.86. The van der Waals surface area contributed by atoms with E-state index in [1.54, 1.807) is 0 Å². The second-order valence-corrected chi connectivity index (χ2v) is 5.60. The molecule has 18 heavy (non-hydrogen) atoms. The van der Waals surface area contributed by atoms with Gasteiger partial charge >= 0.3 is 0 Å². The standard InChI is InChI=1S/C16H15NS/c1-11-12(2)16(18-13(11)3)9-8-14-4-6-15(10-17)7-5-14/h4-9H,1-3H3/b9-8+. The Morgan fingerprint density at radius 3 is 2.17 bits per heavy atom. The quantitative estimate of drug-likeness (QED) is 0.760. The molecule has 0 atom stereocenters. The first kappa shape index (κ1) is 12.6. The van der Waals surface area contributed by atoms with Gasteiger partial charge in [0.15, 0.2) is 0 Å². The van der Waals surface area contributed by atoms with Crippen molar-refractivity contribution in [3.05, 3.63) is 56.3 Å². The summed E-state index contributed by atoms with van der Waals surface area (Å²) in [6, 6.07) is 9.76. The lowest BCUT2D eigenvalue weighted by atomic mass is 10.1. The van der Waals surface area contributed by atoms with Crippen molar-refractivity contribution in [1.82, 2.24) is 0 Å². The average molecular weight is 253 g/mol. The Morgan fingerprint density at radius 2 is 1.67 bits per heavy atom. The van der Waals surface area contributed by atoms with Gasteiger partial charge in [0, 0.05) is 9.75 Å². The molecular formula is C16H15NS. The fourth-order valence-corrected chi connectivity index (χ4v) is 2.84. The monoisotopic (exact) mass is 253 g/mol. The van der Waals surface area contributed by atoms with Crippen LogP contribution in [0.5, 0.6) is 0 Å². The normalized spacial score (nSPS) is 10.8. The summed E-state index contributed by atoms with van der Waals surface area (Å²) in [6.07, 6.45) is 4.25. The minimum atomic E-state index is 0.700. The lowest BCUT2D eigenvalue weighted by Gasteiger charge is -1.94. The fourth-order valence-electron chi connectivity index (χ4n) is 1.77. The third-order valence-corrected chi connectivity index (χ3v) is 4.46. The summed E-state index contributed by atoms with van der Waals surface area (Å²) in [5.41, 5.74) is 4.57. The molecule has 1 heterocycles. The first-order chi connectivity index (χ1) is 8.61. The number of thiophene rings is 1. The van der Waals surface area contributed by atoms with Crippen LogP contribution in [0.4, 0.5) is 0 Å². The van der Waals surface area contributed by atoms with Crippen molar-refractivity contribution in [2.24, 2.45) is 0 Å². The molecule has 0 saturated heterocycles. The zero-order valence-electron chi connectivity index (χ0n) is 10.8. The molecule has 0 saturated carbocycles. The van der Waals surface area contributed by atoms with E-state index in [2.05, 4.69) is 39.0 Å². The van der Waals surface area contributed by atoms with E-state index in [1.165, 1.54) is 20.9 Å². The van der Waals surface area contributed by atoms with Crippen LogP contribution in [0.2, 0.25) is 0 Å². The molecule has 0 aliphatic carbocycles. The van der Waals surface area contributed by atoms with Crippen molar-refractivity contribution < 1.29 is 0 Å². The minimum Gasteiger partial charge on any atom is -0.192 e. The van der Waals surface area contributed by atoms with Gasteiger partial charge in [-0.3, -0.25) is 0 Å². The maximum Gasteiger partial charge on any atom is 0.0991 e. The Bertz CT molecular complexity index is 624. The van der Waals surface area contributed by atoms with Crippen LogP contribution >= 0.6 is 11.3 Å². The predicted molar refractivity (Wildman–Crippen MR) is 78.6 cm³/mol. The number of nitriles is 1. The molecule has 0 spiro atoms. The van der Waals surface area contributed by atoms with E-state index in [9.17, 15) is 0 Å². The Labute approximate surface area is 112 Å². The Hall–Kier alpha value is -1.85. The van der Waals surface area contributed by atoms with Crippen molar-refractivity contribution in [3.63, 3.8) is 0 Å². The number of nitrogens with zero attached hydrogens (tertiary/aromatic N) is 1. The third-order valence-electron chi connectivity index (χ3n) is 3.19. The summed E-state index contributed by atoms with van der Waals surface area (Å²) in [5.74, 6) is 0. The van der Waals surface area contributed by atoms with E-state index in [4.69, 9.17) is 5.26 Å². The average Bonchev–Trinajstić information content (AvgIpc) is 2.64. The number of rotatable bonds is 2. The van der Waals surface area contributed by atoms with Gasteiger partial charge in [0.1, 0.15) is 0 Å². The van der Waals surface area contributed by atoms with Crippen LogP contribution < -0.4 is 0 Å². The summed E-state index contributed by atoms with van der Waals surface area (Å²) in [5, 5.41) is 8.74. The number of hydrogen-bond acceptors (Lipinski definition) is 2. The zero-order chi connectivity index (χ0) is 13.1. The highest BCUT2D eigenvalue weighted by atomic mass is 32.1. The SMILES string of the molecule is Cc1sc(/C=C/c2ccc(C#N)cc2)c(C)c1C. The van der Waals surface area contributed by atoms with E-state index >= 15 is 0 Å². The number of aryl methyl sites for hydroxylation is 1. The van der Waals surface area contributed by atoms with Crippen LogP contribution in [0.15, 0.2) is 24.3 Å². The maximum absolute atomic E-state index is 8.74. The number of benzene rings is 1. The van der Waals surface area contributed by atoms with E-state index in [1.807, 2.05) is 35.6 Å². The zero-order valence-corrected chi connectivity index (χ0v) is 11.6. The van der Waals surface area contributed by atoms with Gasteiger partial charge in [-0.1, -0.05) is 18.2 Å². The second-order valence-electron chi connectivity index (χ2n) is 4.34. The highest BCUT2D eigenvalue weighted by molar-refractivity contribution is 7.13. The Balaban J connectivity index is 2.24. The molecule has 0 radical (unpaired) electrons. The molecule has 0 bridgehead atoms. The first-order valence-corrected chi connectivity index (χ1v) is 6.68. The van der Waals surface area contributed by atoms with Crippen molar-refractivity contribution in [1.29, 1.82) is 5.26 Å². The Morgan fingerprint density at radius 1 is 1.00 bits per heavy atom. The van der Waals surface area contributed by atoms with Crippen LogP contribution in [0, 0.1) is 32.1 Å². The minimum absolute atomic E-state index is 0.700. The van der Waals surface area contributed by atoms with Crippen LogP contribution in [0.1, 0.15) is 32.0 Å². The van der Waals surface area contributed by atoms with E-state index < -0.39 is 0 Å². The molecule has 2 heteroatoms. The smallest absolute Gasteiger partial charge is 0.0991 e. The molecule has 0 aliphatic heterocycles. The molecule has 0 amide bonds. The molecule has 90 valence electrons. The van der Waals surface area contributed by atoms with Crippen molar-refractivity contribution in [2.45, 2.75) is 20.8 Å². The second kappa shape index (κ2) is 5.20. The van der Waals surface area contributed by atoms with Gasteiger partial charge in [0.2, 0.25) is 0 Å². The third kappa shape index (κ3) is 2.52. The van der Waals surface area contributed by atoms with Crippen molar-refractivity contribution in [3.8, 4) is 6.07 Å². The van der Waals surface area contributed by atoms with Crippen LogP contribution in [0.3, 0.4) is 0 Å². The van der Waals surface area contributed by atoms with Gasteiger partial charge in [-0.25, -0.2) is 0 Å². The molecule has 0 unspecified atom stereocenters. The molecule has 0 N–H and O–H groups in total. The summed E-state index contributed by atoms with van der Waals surface area (Å²) in [6.45, 7) is 6.49. The van der Waals surface area contributed by atoms with Crippen LogP contribution in [0.25, 0.3) is 12.2 Å². The van der Waals surface area contributed by atoms with E-state index in [0.717, 1.165) is 5.56 Å². The van der Waals surface area contributed by atoms with Crippen LogP contribution in [-0.4, -0.2) is 0 Å². The van der Waals surface area contributed by atoms with E-state index in [-0.39, 0.29) is 0 Å². The molecule has 1 aromatic heterocycles. The Kier molecular flexibility index (Phi) is 3.64. The predicted octanol–water partition coefficient (Wildman–Crippen LogP) is 4.72. The lowest BCUT2D eigenvalue weighted by molar-refractivity contribution is 1.34. The molecular weight excluding hydrogens is 238 g/mol. The highest BCUT2D eigenvalue weighted by Crippen LogP contribution is 2.28. The van der Waals surface area contributed by atoms with Gasteiger partial charge in [-0.2, -0.15) is 5.26 Å². The maximum atomic E-state index is 8.74. The van der Waals surface area contributed by atoms with Crippen molar-refractivity contribution in [2.75, 3.05) is 0 Å². The van der Waals surface area contributed by atoms with Gasteiger partial charge in [0.25, 0.3) is 0 Å². The molecule has 0 fully saturated rings. The van der Waals surface area contributed by atoms with Gasteiger partial charge in [-0.05, 0) is 55.7 Å². The van der Waals surface area contributed by atoms with Gasteiger partial charge in [-0.15, -0.1) is 11.3 Å². The van der Waals surface area contributed by atoms with Crippen molar-refractivity contribution >= 4 is 23.5 Å². The fraction of sp³-hybridized carbons (Fsp3) is 0.188. The highest BCUT2D eigenvalue weighted by Gasteiger charge is 2.05.